The van der Waals surface area contributed by atoms with E-state index in [1.54, 1.807) is 140 Å². The number of imide groups is 2. The molecule has 0 aliphatic heterocycles. The molecule has 0 aliphatic rings. The average molecular weight is 525 g/mol. The molecule has 6 nitrogen and oxygen atoms in total. The number of hydrogen-bond acceptors (Lipinski definition) is 4. The minimum atomic E-state index is -0.540. The van der Waals surface area contributed by atoms with Gasteiger partial charge in [-0.15, -0.1) is 0 Å². The van der Waals surface area contributed by atoms with Crippen LogP contribution in [0.1, 0.15) is 41.4 Å². The number of benzene rings is 5. The molecule has 40 heavy (non-hydrogen) atoms. The molecule has 5 aromatic carbocycles. The lowest BCUT2D eigenvalue weighted by Gasteiger charge is -2.25. The van der Waals surface area contributed by atoms with Crippen LogP contribution < -0.4 is 9.80 Å². The van der Waals surface area contributed by atoms with Crippen molar-refractivity contribution in [3.63, 3.8) is 0 Å². The first-order valence-corrected chi connectivity index (χ1v) is 12.6. The first-order valence-electron chi connectivity index (χ1n) is 12.6. The molecule has 0 atom stereocenters. The summed E-state index contributed by atoms with van der Waals surface area (Å²) in [5.41, 5.74) is 1.69. The second-order valence-electron chi connectivity index (χ2n) is 8.88. The molecule has 0 aliphatic carbocycles. The lowest BCUT2D eigenvalue weighted by Crippen LogP contribution is -2.39. The fourth-order valence-corrected chi connectivity index (χ4v) is 4.26. The van der Waals surface area contributed by atoms with Crippen molar-refractivity contribution in [1.29, 1.82) is 0 Å². The molecule has 194 valence electrons. The van der Waals surface area contributed by atoms with Crippen LogP contribution in [0.3, 0.4) is 0 Å². The van der Waals surface area contributed by atoms with Gasteiger partial charge in [-0.3, -0.25) is 19.2 Å². The highest BCUT2D eigenvalue weighted by atomic mass is 16.2. The van der Waals surface area contributed by atoms with Gasteiger partial charge in [0.1, 0.15) is 0 Å². The Hall–Kier alpha value is -5.62. The van der Waals surface area contributed by atoms with Crippen molar-refractivity contribution in [2.24, 2.45) is 0 Å². The zero-order valence-corrected chi connectivity index (χ0v) is 21.4. The first-order chi connectivity index (χ1) is 19.5. The Kier molecular flexibility index (Phi) is 7.69. The molecule has 0 radical (unpaired) electrons. The quantitative estimate of drug-likeness (QED) is 0.233. The third-order valence-corrected chi connectivity index (χ3v) is 6.24. The Morgan fingerprint density at radius 2 is 0.575 bits per heavy atom. The van der Waals surface area contributed by atoms with Gasteiger partial charge in [0.15, 0.2) is 0 Å². The molecule has 5 aromatic rings. The Labute approximate surface area is 231 Å². The van der Waals surface area contributed by atoms with E-state index in [0.29, 0.717) is 22.3 Å². The van der Waals surface area contributed by atoms with Crippen LogP contribution in [0.5, 0.6) is 0 Å². The van der Waals surface area contributed by atoms with Crippen molar-refractivity contribution in [3.05, 3.63) is 168 Å². The number of nitrogens with zero attached hydrogens (tertiary/aromatic N) is 2. The molecule has 0 bridgehead atoms. The van der Waals surface area contributed by atoms with Crippen molar-refractivity contribution in [2.75, 3.05) is 9.80 Å². The third kappa shape index (κ3) is 5.47. The summed E-state index contributed by atoms with van der Waals surface area (Å²) in [5, 5.41) is 0. The molecule has 0 saturated heterocycles. The molecule has 0 heterocycles. The highest BCUT2D eigenvalue weighted by molar-refractivity contribution is 6.28. The van der Waals surface area contributed by atoms with Gasteiger partial charge in [-0.25, -0.2) is 9.80 Å². The Balaban J connectivity index is 1.63. The number of rotatable bonds is 6. The Morgan fingerprint density at radius 3 is 0.825 bits per heavy atom. The van der Waals surface area contributed by atoms with Gasteiger partial charge in [-0.05, 0) is 66.7 Å². The number of carbonyl (C=O) groups is 4. The summed E-state index contributed by atoms with van der Waals surface area (Å²) in [4.78, 5) is 57.0. The molecule has 0 spiro atoms. The zero-order valence-electron chi connectivity index (χ0n) is 21.4. The van der Waals surface area contributed by atoms with Gasteiger partial charge in [0.25, 0.3) is 23.6 Å². The smallest absolute Gasteiger partial charge is 0.265 e. The van der Waals surface area contributed by atoms with E-state index < -0.39 is 23.6 Å². The number of anilines is 2. The molecular weight excluding hydrogens is 500 g/mol. The van der Waals surface area contributed by atoms with E-state index in [0.717, 1.165) is 9.80 Å². The summed E-state index contributed by atoms with van der Waals surface area (Å²) in [6.45, 7) is 0. The first kappa shape index (κ1) is 26.0. The highest BCUT2D eigenvalue weighted by Crippen LogP contribution is 2.28. The van der Waals surface area contributed by atoms with Gasteiger partial charge in [0, 0.05) is 22.3 Å². The molecule has 0 N–H and O–H groups in total. The second-order valence-corrected chi connectivity index (χ2v) is 8.88. The van der Waals surface area contributed by atoms with E-state index >= 15 is 0 Å². The summed E-state index contributed by atoms with van der Waals surface area (Å²) in [5.74, 6) is -2.16. The number of hydrogen-bond donors (Lipinski definition) is 0. The van der Waals surface area contributed by atoms with Crippen LogP contribution in [0.15, 0.2) is 146 Å². The largest absolute Gasteiger partial charge is 0.268 e. The van der Waals surface area contributed by atoms with Gasteiger partial charge in [-0.2, -0.15) is 0 Å². The molecule has 5 rings (SSSR count). The number of amides is 4. The van der Waals surface area contributed by atoms with E-state index in [1.165, 1.54) is 6.07 Å². The summed E-state index contributed by atoms with van der Waals surface area (Å²) < 4.78 is 0. The van der Waals surface area contributed by atoms with Gasteiger partial charge >= 0.3 is 0 Å². The molecule has 6 heteroatoms. The van der Waals surface area contributed by atoms with E-state index in [9.17, 15) is 19.2 Å². The fraction of sp³-hybridized carbons (Fsp3) is 0. The van der Waals surface area contributed by atoms with Crippen molar-refractivity contribution in [1.82, 2.24) is 0 Å². The predicted molar refractivity (Wildman–Crippen MR) is 154 cm³/mol. The summed E-state index contributed by atoms with van der Waals surface area (Å²) in [7, 11) is 0. The van der Waals surface area contributed by atoms with Crippen molar-refractivity contribution in [3.8, 4) is 0 Å². The van der Waals surface area contributed by atoms with Crippen LogP contribution >= 0.6 is 0 Å². The minimum absolute atomic E-state index is 0.215. The summed E-state index contributed by atoms with van der Waals surface area (Å²) >= 11 is 0. The van der Waals surface area contributed by atoms with Crippen LogP contribution in [-0.4, -0.2) is 23.6 Å². The minimum Gasteiger partial charge on any atom is -0.268 e. The van der Waals surface area contributed by atoms with Crippen LogP contribution in [0.4, 0.5) is 11.4 Å². The average Bonchev–Trinajstić information content (AvgIpc) is 3.03. The third-order valence-electron chi connectivity index (χ3n) is 6.24. The van der Waals surface area contributed by atoms with Crippen molar-refractivity contribution >= 4 is 35.0 Å². The van der Waals surface area contributed by atoms with Crippen LogP contribution in [0.25, 0.3) is 0 Å². The van der Waals surface area contributed by atoms with Crippen molar-refractivity contribution in [2.45, 2.75) is 0 Å². The van der Waals surface area contributed by atoms with Gasteiger partial charge < -0.3 is 0 Å². The molecule has 4 amide bonds. The maximum absolute atomic E-state index is 13.7. The van der Waals surface area contributed by atoms with Crippen LogP contribution in [-0.2, 0) is 0 Å². The fourth-order valence-electron chi connectivity index (χ4n) is 4.26. The summed E-state index contributed by atoms with van der Waals surface area (Å²) in [6, 6.07) is 40.2. The lowest BCUT2D eigenvalue weighted by molar-refractivity contribution is 0.0884. The van der Waals surface area contributed by atoms with E-state index in [4.69, 9.17) is 0 Å². The van der Waals surface area contributed by atoms with Crippen molar-refractivity contribution < 1.29 is 19.2 Å². The van der Waals surface area contributed by atoms with Crippen LogP contribution in [0.2, 0.25) is 0 Å². The predicted octanol–water partition coefficient (Wildman–Crippen LogP) is 6.66. The molecular formula is C34H24N2O4. The standard InChI is InChI=1S/C34H24N2O4/c37-31(25-14-5-1-6-15-25)35(32(38)26-16-7-2-8-17-26)29-22-13-23-30(24-29)36(33(39)27-18-9-3-10-19-27)34(40)28-20-11-4-12-21-28/h1-24H. The van der Waals surface area contributed by atoms with E-state index in [2.05, 4.69) is 0 Å². The molecule has 0 saturated carbocycles. The molecule has 0 fully saturated rings. The van der Waals surface area contributed by atoms with E-state index in [1.807, 2.05) is 0 Å². The number of carbonyl (C=O) groups excluding carboxylic acids is 4. The SMILES string of the molecule is O=C(c1ccccc1)N(C(=O)c1ccccc1)c1cccc(N(C(=O)c2ccccc2)C(=O)c2ccccc2)c1. The Bertz CT molecular complexity index is 1430. The maximum Gasteiger partial charge on any atom is 0.265 e. The second kappa shape index (κ2) is 11.8. The van der Waals surface area contributed by atoms with Crippen LogP contribution in [0, 0.1) is 0 Å². The molecule has 0 unspecified atom stereocenters. The van der Waals surface area contributed by atoms with Gasteiger partial charge in [-0.1, -0.05) is 78.9 Å². The normalized spacial score (nSPS) is 10.4. The van der Waals surface area contributed by atoms with E-state index in [-0.39, 0.29) is 11.4 Å². The monoisotopic (exact) mass is 524 g/mol. The molecule has 0 aromatic heterocycles. The topological polar surface area (TPSA) is 74.8 Å². The lowest BCUT2D eigenvalue weighted by atomic mass is 10.1. The Morgan fingerprint density at radius 1 is 0.325 bits per heavy atom. The highest BCUT2D eigenvalue weighted by Gasteiger charge is 2.29. The maximum atomic E-state index is 13.7. The zero-order chi connectivity index (χ0) is 27.9. The van der Waals surface area contributed by atoms with Gasteiger partial charge in [0.05, 0.1) is 11.4 Å². The summed E-state index contributed by atoms with van der Waals surface area (Å²) in [6.07, 6.45) is 0. The van der Waals surface area contributed by atoms with Gasteiger partial charge in [0.2, 0.25) is 0 Å².